The van der Waals surface area contributed by atoms with Crippen LogP contribution in [0.15, 0.2) is 10.7 Å². The molecule has 0 aromatic carbocycles. The van der Waals surface area contributed by atoms with Crippen molar-refractivity contribution >= 4 is 21.4 Å². The summed E-state index contributed by atoms with van der Waals surface area (Å²) in [6.45, 7) is 10.9. The number of imidazole rings is 1. The van der Waals surface area contributed by atoms with Crippen LogP contribution in [-0.2, 0) is 6.54 Å². The summed E-state index contributed by atoms with van der Waals surface area (Å²) in [5.74, 6) is 0.932. The molecule has 0 unspecified atom stereocenters. The third kappa shape index (κ3) is 2.72. The quantitative estimate of drug-likeness (QED) is 0.731. The van der Waals surface area contributed by atoms with Crippen molar-refractivity contribution in [3.8, 4) is 0 Å². The lowest BCUT2D eigenvalue weighted by Crippen LogP contribution is -2.46. The van der Waals surface area contributed by atoms with Gasteiger partial charge in [-0.25, -0.2) is 9.50 Å². The first-order valence-electron chi connectivity index (χ1n) is 7.82. The first kappa shape index (κ1) is 14.6. The minimum absolute atomic E-state index is 0.912. The average molecular weight is 332 g/mol. The van der Waals surface area contributed by atoms with E-state index in [9.17, 15) is 0 Å². The molecule has 0 atom stereocenters. The second kappa shape index (κ2) is 5.61. The molecule has 1 fully saturated rings. The number of nitrogens with zero attached hydrogens (tertiary/aromatic N) is 6. The fourth-order valence-electron chi connectivity index (χ4n) is 2.97. The maximum absolute atomic E-state index is 5.26. The maximum Gasteiger partial charge on any atom is 0.214 e. The van der Waals surface area contributed by atoms with E-state index < -0.39 is 0 Å². The molecule has 23 heavy (non-hydrogen) atoms. The van der Waals surface area contributed by atoms with Crippen LogP contribution in [0.2, 0.25) is 0 Å². The molecule has 7 nitrogen and oxygen atoms in total. The molecule has 3 aromatic rings. The highest BCUT2D eigenvalue weighted by atomic mass is 32.1. The van der Waals surface area contributed by atoms with Gasteiger partial charge in [-0.2, -0.15) is 0 Å². The predicted molar refractivity (Wildman–Crippen MR) is 89.1 cm³/mol. The zero-order valence-electron chi connectivity index (χ0n) is 13.6. The maximum atomic E-state index is 5.26. The summed E-state index contributed by atoms with van der Waals surface area (Å²) in [5, 5.41) is 9.74. The molecule has 1 aliphatic heterocycles. The van der Waals surface area contributed by atoms with Gasteiger partial charge in [0.05, 0.1) is 17.6 Å². The fourth-order valence-corrected chi connectivity index (χ4v) is 3.96. The molecule has 8 heteroatoms. The zero-order chi connectivity index (χ0) is 16.0. The Labute approximate surface area is 138 Å². The van der Waals surface area contributed by atoms with E-state index in [0.29, 0.717) is 0 Å². The molecule has 0 aliphatic carbocycles. The number of fused-ring (bicyclic) bond motifs is 1. The molecular weight excluding hydrogens is 312 g/mol. The summed E-state index contributed by atoms with van der Waals surface area (Å²) >= 11 is 1.66. The van der Waals surface area contributed by atoms with Crippen LogP contribution in [0, 0.1) is 20.8 Å². The van der Waals surface area contributed by atoms with Gasteiger partial charge >= 0.3 is 0 Å². The Hall–Kier alpha value is -1.93. The summed E-state index contributed by atoms with van der Waals surface area (Å²) in [6, 6.07) is 0. The third-order valence-electron chi connectivity index (χ3n) is 4.36. The number of hydrogen-bond donors (Lipinski definition) is 0. The molecule has 4 rings (SSSR count). The Balaban J connectivity index is 1.41. The molecule has 1 aliphatic rings. The molecule has 1 saturated heterocycles. The first-order valence-corrected chi connectivity index (χ1v) is 8.63. The van der Waals surface area contributed by atoms with Crippen molar-refractivity contribution in [2.45, 2.75) is 27.3 Å². The first-order chi connectivity index (χ1) is 11.1. The summed E-state index contributed by atoms with van der Waals surface area (Å²) in [7, 11) is 0. The van der Waals surface area contributed by atoms with Gasteiger partial charge in [-0.05, 0) is 20.8 Å². The van der Waals surface area contributed by atoms with Crippen LogP contribution in [0.3, 0.4) is 0 Å². The molecule has 0 N–H and O–H groups in total. The highest BCUT2D eigenvalue weighted by Gasteiger charge is 2.22. The summed E-state index contributed by atoms with van der Waals surface area (Å²) in [6.07, 6.45) is 1.98. The lowest BCUT2D eigenvalue weighted by Gasteiger charge is -2.34. The topological polar surface area (TPSA) is 62.7 Å². The summed E-state index contributed by atoms with van der Waals surface area (Å²) in [5.41, 5.74) is 3.24. The molecule has 4 heterocycles. The van der Waals surface area contributed by atoms with Gasteiger partial charge in [0, 0.05) is 38.3 Å². The van der Waals surface area contributed by atoms with Gasteiger partial charge in [0.25, 0.3) is 0 Å². The summed E-state index contributed by atoms with van der Waals surface area (Å²) < 4.78 is 7.14. The largest absolute Gasteiger partial charge is 0.361 e. The van der Waals surface area contributed by atoms with E-state index in [0.717, 1.165) is 60.0 Å². The minimum atomic E-state index is 0.912. The van der Waals surface area contributed by atoms with Gasteiger partial charge in [0.1, 0.15) is 5.76 Å². The third-order valence-corrected chi connectivity index (χ3v) is 5.34. The number of piperazine rings is 1. The van der Waals surface area contributed by atoms with E-state index in [4.69, 9.17) is 4.52 Å². The lowest BCUT2D eigenvalue weighted by molar-refractivity contribution is 0.247. The Bertz CT molecular complexity index is 775. The van der Waals surface area contributed by atoms with Crippen LogP contribution >= 0.6 is 11.3 Å². The average Bonchev–Trinajstić information content (AvgIpc) is 3.16. The van der Waals surface area contributed by atoms with Crippen molar-refractivity contribution in [1.29, 1.82) is 0 Å². The second-order valence-electron chi connectivity index (χ2n) is 6.06. The normalized spacial score (nSPS) is 16.6. The zero-order valence-corrected chi connectivity index (χ0v) is 14.4. The van der Waals surface area contributed by atoms with Gasteiger partial charge in [0.2, 0.25) is 10.1 Å². The number of aryl methyl sites for hydroxylation is 3. The molecule has 3 aromatic heterocycles. The van der Waals surface area contributed by atoms with E-state index in [1.54, 1.807) is 11.3 Å². The van der Waals surface area contributed by atoms with Gasteiger partial charge in [-0.15, -0.1) is 5.10 Å². The number of aromatic nitrogens is 4. The smallest absolute Gasteiger partial charge is 0.214 e. The van der Waals surface area contributed by atoms with E-state index in [1.165, 1.54) is 5.56 Å². The summed E-state index contributed by atoms with van der Waals surface area (Å²) in [4.78, 5) is 10.2. The van der Waals surface area contributed by atoms with Gasteiger partial charge in [-0.3, -0.25) is 4.90 Å². The van der Waals surface area contributed by atoms with Crippen molar-refractivity contribution in [3.05, 3.63) is 28.9 Å². The SMILES string of the molecule is Cc1cn2nc(N3CCN(Cc4c(C)noc4C)CC3)sc2n1. The van der Waals surface area contributed by atoms with E-state index in [1.807, 2.05) is 31.5 Å². The molecule has 0 saturated carbocycles. The van der Waals surface area contributed by atoms with Crippen molar-refractivity contribution in [2.75, 3.05) is 31.1 Å². The van der Waals surface area contributed by atoms with E-state index in [-0.39, 0.29) is 0 Å². The minimum Gasteiger partial charge on any atom is -0.361 e. The standard InChI is InChI=1S/C15H20N6OS/c1-10-8-21-14(16-10)23-15(17-21)20-6-4-19(5-7-20)9-13-11(2)18-22-12(13)3/h8H,4-7,9H2,1-3H3. The predicted octanol–water partition coefficient (Wildman–Crippen LogP) is 2.03. The lowest BCUT2D eigenvalue weighted by atomic mass is 10.2. The van der Waals surface area contributed by atoms with Crippen molar-refractivity contribution in [1.82, 2.24) is 24.7 Å². The fraction of sp³-hybridized carbons (Fsp3) is 0.533. The molecule has 0 radical (unpaired) electrons. The Kier molecular flexibility index (Phi) is 3.57. The Morgan fingerprint density at radius 2 is 1.96 bits per heavy atom. The highest BCUT2D eigenvalue weighted by Crippen LogP contribution is 2.25. The van der Waals surface area contributed by atoms with Crippen LogP contribution < -0.4 is 4.90 Å². The van der Waals surface area contributed by atoms with Gasteiger partial charge in [-0.1, -0.05) is 16.5 Å². The molecule has 0 amide bonds. The van der Waals surface area contributed by atoms with E-state index in [2.05, 4.69) is 25.0 Å². The molecule has 0 bridgehead atoms. The van der Waals surface area contributed by atoms with Crippen molar-refractivity contribution in [2.24, 2.45) is 0 Å². The number of anilines is 1. The van der Waals surface area contributed by atoms with Crippen LogP contribution in [0.1, 0.15) is 22.7 Å². The Morgan fingerprint density at radius 3 is 2.61 bits per heavy atom. The van der Waals surface area contributed by atoms with Crippen LogP contribution in [0.25, 0.3) is 4.96 Å². The highest BCUT2D eigenvalue weighted by molar-refractivity contribution is 7.20. The van der Waals surface area contributed by atoms with Crippen LogP contribution in [0.4, 0.5) is 5.13 Å². The van der Waals surface area contributed by atoms with Crippen LogP contribution in [-0.4, -0.2) is 50.8 Å². The Morgan fingerprint density at radius 1 is 1.17 bits per heavy atom. The van der Waals surface area contributed by atoms with Crippen LogP contribution in [0.5, 0.6) is 0 Å². The number of hydrogen-bond acceptors (Lipinski definition) is 7. The van der Waals surface area contributed by atoms with Crippen molar-refractivity contribution < 1.29 is 4.52 Å². The monoisotopic (exact) mass is 332 g/mol. The second-order valence-corrected chi connectivity index (χ2v) is 6.99. The van der Waals surface area contributed by atoms with E-state index >= 15 is 0 Å². The number of rotatable bonds is 3. The van der Waals surface area contributed by atoms with Crippen molar-refractivity contribution in [3.63, 3.8) is 0 Å². The molecule has 0 spiro atoms. The van der Waals surface area contributed by atoms with Gasteiger partial charge in [0.15, 0.2) is 0 Å². The molecule has 122 valence electrons. The van der Waals surface area contributed by atoms with Gasteiger partial charge < -0.3 is 9.42 Å². The molecular formula is C15H20N6OS.